The number of ether oxygens (including phenoxy) is 1. The number of fused-ring (bicyclic) bond motifs is 1. The molecule has 30 heavy (non-hydrogen) atoms. The lowest BCUT2D eigenvalue weighted by molar-refractivity contribution is -0.127. The molecule has 166 valence electrons. The monoisotopic (exact) mass is 441 g/mol. The SMILES string of the molecule is COc1ccc(C(=O)N2CCNC(=O)C3CCCCC3N(S(C)(=O)=O)CC2)cc1F. The number of nitrogens with one attached hydrogen (secondary N) is 1. The number of rotatable bonds is 3. The summed E-state index contributed by atoms with van der Waals surface area (Å²) in [5.41, 5.74) is 0.137. The first-order valence-corrected chi connectivity index (χ1v) is 11.9. The van der Waals surface area contributed by atoms with Gasteiger partial charge in [0.25, 0.3) is 5.91 Å². The topological polar surface area (TPSA) is 96.0 Å². The van der Waals surface area contributed by atoms with E-state index in [1.807, 2.05) is 0 Å². The smallest absolute Gasteiger partial charge is 0.254 e. The minimum Gasteiger partial charge on any atom is -0.494 e. The lowest BCUT2D eigenvalue weighted by Gasteiger charge is -2.39. The van der Waals surface area contributed by atoms with Crippen molar-refractivity contribution in [3.63, 3.8) is 0 Å². The molecule has 10 heteroatoms. The summed E-state index contributed by atoms with van der Waals surface area (Å²) in [6.07, 6.45) is 4.14. The van der Waals surface area contributed by atoms with Gasteiger partial charge in [-0.25, -0.2) is 12.8 Å². The van der Waals surface area contributed by atoms with Gasteiger partial charge in [0, 0.05) is 37.8 Å². The van der Waals surface area contributed by atoms with Crippen molar-refractivity contribution < 1.29 is 27.1 Å². The van der Waals surface area contributed by atoms with E-state index in [-0.39, 0.29) is 49.3 Å². The number of nitrogens with zero attached hydrogens (tertiary/aromatic N) is 2. The van der Waals surface area contributed by atoms with E-state index in [4.69, 9.17) is 4.74 Å². The fourth-order valence-electron chi connectivity index (χ4n) is 4.30. The number of hydrogen-bond donors (Lipinski definition) is 1. The molecule has 1 saturated heterocycles. The first kappa shape index (κ1) is 22.5. The summed E-state index contributed by atoms with van der Waals surface area (Å²) in [7, 11) is -2.24. The molecule has 0 radical (unpaired) electrons. The molecule has 8 nitrogen and oxygen atoms in total. The minimum absolute atomic E-state index is 0.0337. The van der Waals surface area contributed by atoms with Crippen LogP contribution in [0.5, 0.6) is 5.75 Å². The minimum atomic E-state index is -3.58. The third-order valence-corrected chi connectivity index (χ3v) is 7.12. The molecule has 2 aliphatic rings. The zero-order valence-corrected chi connectivity index (χ0v) is 18.1. The Kier molecular flexibility index (Phi) is 6.97. The summed E-state index contributed by atoms with van der Waals surface area (Å²) in [6.45, 7) is 0.703. The largest absolute Gasteiger partial charge is 0.494 e. The molecular formula is C20H28FN3O5S. The van der Waals surface area contributed by atoms with Crippen molar-refractivity contribution in [2.75, 3.05) is 39.5 Å². The molecule has 2 fully saturated rings. The average molecular weight is 442 g/mol. The highest BCUT2D eigenvalue weighted by Crippen LogP contribution is 2.30. The molecule has 1 aromatic rings. The van der Waals surface area contributed by atoms with Gasteiger partial charge < -0.3 is 15.0 Å². The Balaban J connectivity index is 1.86. The van der Waals surface area contributed by atoms with Crippen LogP contribution in [-0.4, -0.2) is 75.0 Å². The molecule has 0 spiro atoms. The Hall–Kier alpha value is -2.20. The van der Waals surface area contributed by atoms with Gasteiger partial charge >= 0.3 is 0 Å². The molecule has 1 aliphatic heterocycles. The van der Waals surface area contributed by atoms with Gasteiger partial charge in [-0.2, -0.15) is 4.31 Å². The van der Waals surface area contributed by atoms with Crippen LogP contribution in [0.25, 0.3) is 0 Å². The van der Waals surface area contributed by atoms with E-state index in [1.165, 1.54) is 28.4 Å². The molecule has 3 rings (SSSR count). The van der Waals surface area contributed by atoms with Crippen molar-refractivity contribution in [2.24, 2.45) is 5.92 Å². The molecule has 1 saturated carbocycles. The van der Waals surface area contributed by atoms with E-state index < -0.39 is 27.8 Å². The van der Waals surface area contributed by atoms with E-state index >= 15 is 0 Å². The summed E-state index contributed by atoms with van der Waals surface area (Å²) >= 11 is 0. The number of benzene rings is 1. The molecule has 2 atom stereocenters. The number of hydrogen-bond acceptors (Lipinski definition) is 5. The molecule has 2 amide bonds. The third kappa shape index (κ3) is 4.92. The number of amides is 2. The molecule has 1 aliphatic carbocycles. The summed E-state index contributed by atoms with van der Waals surface area (Å²) < 4.78 is 45.3. The maximum atomic E-state index is 14.1. The highest BCUT2D eigenvalue weighted by molar-refractivity contribution is 7.88. The fourth-order valence-corrected chi connectivity index (χ4v) is 5.46. The van der Waals surface area contributed by atoms with Gasteiger partial charge in [-0.05, 0) is 31.0 Å². The van der Waals surface area contributed by atoms with Crippen molar-refractivity contribution in [1.82, 2.24) is 14.5 Å². The summed E-state index contributed by atoms with van der Waals surface area (Å²) in [5.74, 6) is -1.61. The van der Waals surface area contributed by atoms with E-state index in [0.717, 1.165) is 25.2 Å². The number of methoxy groups -OCH3 is 1. The highest BCUT2D eigenvalue weighted by Gasteiger charge is 2.39. The van der Waals surface area contributed by atoms with Gasteiger partial charge in [-0.15, -0.1) is 0 Å². The van der Waals surface area contributed by atoms with Gasteiger partial charge in [0.15, 0.2) is 11.6 Å². The second kappa shape index (κ2) is 9.30. The number of carbonyl (C=O) groups excluding carboxylic acids is 2. The first-order valence-electron chi connectivity index (χ1n) is 10.1. The molecule has 2 unspecified atom stereocenters. The van der Waals surface area contributed by atoms with Gasteiger partial charge in [0.1, 0.15) is 0 Å². The van der Waals surface area contributed by atoms with E-state index in [0.29, 0.717) is 12.8 Å². The van der Waals surface area contributed by atoms with Crippen molar-refractivity contribution >= 4 is 21.8 Å². The van der Waals surface area contributed by atoms with Crippen molar-refractivity contribution in [1.29, 1.82) is 0 Å². The van der Waals surface area contributed by atoms with Crippen LogP contribution in [0.3, 0.4) is 0 Å². The average Bonchev–Trinajstić information content (AvgIpc) is 2.71. The first-order chi connectivity index (χ1) is 14.2. The van der Waals surface area contributed by atoms with Crippen LogP contribution >= 0.6 is 0 Å². The van der Waals surface area contributed by atoms with Crippen LogP contribution in [0.2, 0.25) is 0 Å². The van der Waals surface area contributed by atoms with Gasteiger partial charge in [-0.3, -0.25) is 9.59 Å². The number of sulfonamides is 1. The van der Waals surface area contributed by atoms with Gasteiger partial charge in [0.2, 0.25) is 15.9 Å². The normalized spacial score (nSPS) is 24.0. The summed E-state index contributed by atoms with van der Waals surface area (Å²) in [6, 6.07) is 3.53. The summed E-state index contributed by atoms with van der Waals surface area (Å²) in [5, 5.41) is 2.84. The molecule has 0 bridgehead atoms. The maximum Gasteiger partial charge on any atom is 0.254 e. The predicted molar refractivity (Wildman–Crippen MR) is 109 cm³/mol. The lowest BCUT2D eigenvalue weighted by atomic mass is 9.83. The quantitative estimate of drug-likeness (QED) is 0.761. The zero-order valence-electron chi connectivity index (χ0n) is 17.3. The zero-order chi connectivity index (χ0) is 21.9. The van der Waals surface area contributed by atoms with Crippen LogP contribution in [0, 0.1) is 11.7 Å². The van der Waals surface area contributed by atoms with Crippen LogP contribution in [0.15, 0.2) is 18.2 Å². The second-order valence-electron chi connectivity index (χ2n) is 7.76. The van der Waals surface area contributed by atoms with E-state index in [2.05, 4.69) is 5.32 Å². The Bertz CT molecular complexity index is 908. The Labute approximate surface area is 176 Å². The predicted octanol–water partition coefficient (Wildman–Crippen LogP) is 1.23. The van der Waals surface area contributed by atoms with Crippen molar-refractivity contribution in [3.05, 3.63) is 29.6 Å². The molecular weight excluding hydrogens is 413 g/mol. The summed E-state index contributed by atoms with van der Waals surface area (Å²) in [4.78, 5) is 27.1. The Morgan fingerprint density at radius 3 is 2.60 bits per heavy atom. The van der Waals surface area contributed by atoms with Crippen molar-refractivity contribution in [2.45, 2.75) is 31.7 Å². The molecule has 1 N–H and O–H groups in total. The number of halogens is 1. The fraction of sp³-hybridized carbons (Fsp3) is 0.600. The van der Waals surface area contributed by atoms with Crippen LogP contribution in [0.1, 0.15) is 36.0 Å². The lowest BCUT2D eigenvalue weighted by Crippen LogP contribution is -2.55. The van der Waals surface area contributed by atoms with Gasteiger partial charge in [-0.1, -0.05) is 12.8 Å². The van der Waals surface area contributed by atoms with Crippen LogP contribution in [0.4, 0.5) is 4.39 Å². The Morgan fingerprint density at radius 1 is 1.20 bits per heavy atom. The molecule has 0 aromatic heterocycles. The molecule has 1 aromatic carbocycles. The van der Waals surface area contributed by atoms with Crippen LogP contribution < -0.4 is 10.1 Å². The van der Waals surface area contributed by atoms with Crippen LogP contribution in [-0.2, 0) is 14.8 Å². The standard InChI is InChI=1S/C20H28FN3O5S/c1-29-18-8-7-14(13-16(18)21)20(26)23-10-9-22-19(25)15-5-3-4-6-17(15)24(12-11-23)30(2,27)28/h7-8,13,15,17H,3-6,9-12H2,1-2H3,(H,22,25). The van der Waals surface area contributed by atoms with Gasteiger partial charge in [0.05, 0.1) is 19.3 Å². The molecule has 1 heterocycles. The maximum absolute atomic E-state index is 14.1. The van der Waals surface area contributed by atoms with E-state index in [1.54, 1.807) is 0 Å². The second-order valence-corrected chi connectivity index (χ2v) is 9.70. The highest BCUT2D eigenvalue weighted by atomic mass is 32.2. The van der Waals surface area contributed by atoms with E-state index in [9.17, 15) is 22.4 Å². The van der Waals surface area contributed by atoms with Crippen molar-refractivity contribution in [3.8, 4) is 5.75 Å². The third-order valence-electron chi connectivity index (χ3n) is 5.82. The number of carbonyl (C=O) groups is 2. The Morgan fingerprint density at radius 2 is 1.93 bits per heavy atom.